The molecule has 5 nitrogen and oxygen atoms in total. The third kappa shape index (κ3) is 2.88. The Hall–Kier alpha value is -2.30. The summed E-state index contributed by atoms with van der Waals surface area (Å²) in [5.74, 6) is -1.09. The number of aryl methyl sites for hydroxylation is 2. The Morgan fingerprint density at radius 3 is 2.67 bits per heavy atom. The minimum absolute atomic E-state index is 0.0743. The summed E-state index contributed by atoms with van der Waals surface area (Å²) in [5.41, 5.74) is 6.96. The Labute approximate surface area is 105 Å². The average Bonchev–Trinajstić information content (AvgIpc) is 2.72. The van der Waals surface area contributed by atoms with Crippen molar-refractivity contribution in [1.82, 2.24) is 9.78 Å². The van der Waals surface area contributed by atoms with Gasteiger partial charge in [-0.3, -0.25) is 4.68 Å². The average molecular weight is 245 g/mol. The summed E-state index contributed by atoms with van der Waals surface area (Å²) >= 11 is 0. The lowest BCUT2D eigenvalue weighted by Gasteiger charge is -2.01. The molecule has 0 radical (unpaired) electrons. The Morgan fingerprint density at radius 1 is 1.33 bits per heavy atom. The Morgan fingerprint density at radius 2 is 2.06 bits per heavy atom. The molecule has 5 heteroatoms. The number of nitrogen functional groups attached to an aromatic ring is 1. The van der Waals surface area contributed by atoms with Gasteiger partial charge in [0.2, 0.25) is 0 Å². The number of rotatable bonds is 5. The lowest BCUT2D eigenvalue weighted by molar-refractivity contribution is 0.0690. The Balaban J connectivity index is 1.91. The number of nitrogens with two attached hydrogens (primary N) is 1. The summed E-state index contributed by atoms with van der Waals surface area (Å²) in [6.45, 7) is 0.659. The van der Waals surface area contributed by atoms with Crippen LogP contribution in [0, 0.1) is 0 Å². The molecule has 0 amide bonds. The molecule has 0 spiro atoms. The molecule has 2 rings (SSSR count). The summed E-state index contributed by atoms with van der Waals surface area (Å²) in [6.07, 6.45) is 3.39. The van der Waals surface area contributed by atoms with Crippen LogP contribution in [-0.4, -0.2) is 20.9 Å². The summed E-state index contributed by atoms with van der Waals surface area (Å²) < 4.78 is 1.59. The van der Waals surface area contributed by atoms with Gasteiger partial charge >= 0.3 is 5.97 Å². The second-order valence-corrected chi connectivity index (χ2v) is 4.09. The number of carboxylic acid groups (broad SMARTS) is 1. The zero-order valence-corrected chi connectivity index (χ0v) is 9.91. The van der Waals surface area contributed by atoms with E-state index in [-0.39, 0.29) is 11.4 Å². The van der Waals surface area contributed by atoms with Crippen LogP contribution in [0.3, 0.4) is 0 Å². The number of nitrogens with zero attached hydrogens (tertiary/aromatic N) is 2. The molecule has 1 heterocycles. The number of carboxylic acids is 1. The maximum Gasteiger partial charge on any atom is 0.358 e. The minimum atomic E-state index is -1.09. The standard InChI is InChI=1S/C13H15N3O2/c14-11-9-16(15-12(11)13(17)18)8-4-7-10-5-2-1-3-6-10/h1-3,5-6,9H,4,7-8,14H2,(H,17,18). The van der Waals surface area contributed by atoms with E-state index in [4.69, 9.17) is 10.8 Å². The van der Waals surface area contributed by atoms with Crippen molar-refractivity contribution in [2.45, 2.75) is 19.4 Å². The highest BCUT2D eigenvalue weighted by atomic mass is 16.4. The zero-order valence-electron chi connectivity index (χ0n) is 9.91. The van der Waals surface area contributed by atoms with E-state index in [0.717, 1.165) is 12.8 Å². The van der Waals surface area contributed by atoms with Crippen LogP contribution in [0.1, 0.15) is 22.5 Å². The van der Waals surface area contributed by atoms with E-state index in [1.165, 1.54) is 5.56 Å². The molecule has 1 aromatic carbocycles. The fraction of sp³-hybridized carbons (Fsp3) is 0.231. The normalized spacial score (nSPS) is 10.4. The second kappa shape index (κ2) is 5.35. The maximum absolute atomic E-state index is 10.8. The van der Waals surface area contributed by atoms with Crippen molar-refractivity contribution in [3.63, 3.8) is 0 Å². The van der Waals surface area contributed by atoms with E-state index < -0.39 is 5.97 Å². The fourth-order valence-corrected chi connectivity index (χ4v) is 1.81. The Kier molecular flexibility index (Phi) is 3.62. The topological polar surface area (TPSA) is 81.1 Å². The first-order valence-electron chi connectivity index (χ1n) is 5.77. The number of anilines is 1. The number of aromatic carboxylic acids is 1. The van der Waals surface area contributed by atoms with Crippen LogP contribution >= 0.6 is 0 Å². The maximum atomic E-state index is 10.8. The molecular weight excluding hydrogens is 230 g/mol. The fourth-order valence-electron chi connectivity index (χ4n) is 1.81. The summed E-state index contributed by atoms with van der Waals surface area (Å²) in [6, 6.07) is 10.1. The van der Waals surface area contributed by atoms with Gasteiger partial charge in [-0.1, -0.05) is 30.3 Å². The molecule has 0 saturated heterocycles. The van der Waals surface area contributed by atoms with E-state index >= 15 is 0 Å². The predicted molar refractivity (Wildman–Crippen MR) is 68.4 cm³/mol. The molecule has 0 saturated carbocycles. The second-order valence-electron chi connectivity index (χ2n) is 4.09. The first-order valence-corrected chi connectivity index (χ1v) is 5.77. The number of hydrogen-bond donors (Lipinski definition) is 2. The lowest BCUT2D eigenvalue weighted by atomic mass is 10.1. The third-order valence-corrected chi connectivity index (χ3v) is 2.69. The Bertz CT molecular complexity index is 534. The first kappa shape index (κ1) is 12.2. The van der Waals surface area contributed by atoms with Crippen molar-refractivity contribution in [1.29, 1.82) is 0 Å². The third-order valence-electron chi connectivity index (χ3n) is 2.69. The molecule has 0 bridgehead atoms. The zero-order chi connectivity index (χ0) is 13.0. The molecule has 0 atom stereocenters. The van der Waals surface area contributed by atoms with Crippen LogP contribution in [0.5, 0.6) is 0 Å². The van der Waals surface area contributed by atoms with Crippen LogP contribution in [0.25, 0.3) is 0 Å². The van der Waals surface area contributed by atoms with Crippen LogP contribution in [0.2, 0.25) is 0 Å². The monoisotopic (exact) mass is 245 g/mol. The van der Waals surface area contributed by atoms with Gasteiger partial charge in [-0.05, 0) is 18.4 Å². The van der Waals surface area contributed by atoms with Gasteiger partial charge in [-0.25, -0.2) is 4.79 Å². The highest BCUT2D eigenvalue weighted by molar-refractivity contribution is 5.91. The lowest BCUT2D eigenvalue weighted by Crippen LogP contribution is -2.04. The van der Waals surface area contributed by atoms with Crippen LogP contribution in [-0.2, 0) is 13.0 Å². The van der Waals surface area contributed by atoms with Crippen molar-refractivity contribution in [2.75, 3.05) is 5.73 Å². The molecule has 0 aliphatic rings. The van der Waals surface area contributed by atoms with Crippen molar-refractivity contribution in [2.24, 2.45) is 0 Å². The predicted octanol–water partition coefficient (Wildman–Crippen LogP) is 1.80. The van der Waals surface area contributed by atoms with Gasteiger partial charge in [-0.15, -0.1) is 0 Å². The number of hydrogen-bond acceptors (Lipinski definition) is 3. The van der Waals surface area contributed by atoms with Gasteiger partial charge in [-0.2, -0.15) is 5.10 Å². The van der Waals surface area contributed by atoms with E-state index in [0.29, 0.717) is 6.54 Å². The quantitative estimate of drug-likeness (QED) is 0.841. The van der Waals surface area contributed by atoms with Crippen LogP contribution in [0.4, 0.5) is 5.69 Å². The van der Waals surface area contributed by atoms with E-state index in [1.54, 1.807) is 10.9 Å². The molecule has 2 aromatic rings. The van der Waals surface area contributed by atoms with E-state index in [2.05, 4.69) is 17.2 Å². The molecule has 0 aliphatic heterocycles. The number of benzene rings is 1. The number of aromatic nitrogens is 2. The molecule has 3 N–H and O–H groups in total. The van der Waals surface area contributed by atoms with Crippen LogP contribution in [0.15, 0.2) is 36.5 Å². The number of carbonyl (C=O) groups is 1. The largest absolute Gasteiger partial charge is 0.476 e. The van der Waals surface area contributed by atoms with E-state index in [9.17, 15) is 4.79 Å². The van der Waals surface area contributed by atoms with Gasteiger partial charge in [0.25, 0.3) is 0 Å². The first-order chi connectivity index (χ1) is 8.66. The summed E-state index contributed by atoms with van der Waals surface area (Å²) in [4.78, 5) is 10.8. The van der Waals surface area contributed by atoms with Gasteiger partial charge in [0.1, 0.15) is 0 Å². The van der Waals surface area contributed by atoms with Gasteiger partial charge < -0.3 is 10.8 Å². The van der Waals surface area contributed by atoms with Gasteiger partial charge in [0.05, 0.1) is 5.69 Å². The van der Waals surface area contributed by atoms with Gasteiger partial charge in [0.15, 0.2) is 5.69 Å². The van der Waals surface area contributed by atoms with E-state index in [1.807, 2.05) is 18.2 Å². The smallest absolute Gasteiger partial charge is 0.358 e. The van der Waals surface area contributed by atoms with Crippen molar-refractivity contribution >= 4 is 11.7 Å². The molecular formula is C13H15N3O2. The molecule has 1 aromatic heterocycles. The minimum Gasteiger partial charge on any atom is -0.476 e. The molecule has 0 fully saturated rings. The van der Waals surface area contributed by atoms with Crippen molar-refractivity contribution in [3.05, 3.63) is 47.8 Å². The molecule has 0 aliphatic carbocycles. The molecule has 94 valence electrons. The molecule has 18 heavy (non-hydrogen) atoms. The SMILES string of the molecule is Nc1cn(CCCc2ccccc2)nc1C(=O)O. The molecule has 0 unspecified atom stereocenters. The van der Waals surface area contributed by atoms with Crippen molar-refractivity contribution < 1.29 is 9.90 Å². The summed E-state index contributed by atoms with van der Waals surface area (Å²) in [7, 11) is 0. The highest BCUT2D eigenvalue weighted by Crippen LogP contribution is 2.10. The van der Waals surface area contributed by atoms with Gasteiger partial charge in [0, 0.05) is 12.7 Å². The van der Waals surface area contributed by atoms with Crippen LogP contribution < -0.4 is 5.73 Å². The highest BCUT2D eigenvalue weighted by Gasteiger charge is 2.12. The van der Waals surface area contributed by atoms with Crippen molar-refractivity contribution in [3.8, 4) is 0 Å². The summed E-state index contributed by atoms with van der Waals surface area (Å²) in [5, 5.41) is 12.8.